The number of benzene rings is 1. The highest BCUT2D eigenvalue weighted by Crippen LogP contribution is 2.29. The van der Waals surface area contributed by atoms with Crippen molar-refractivity contribution in [2.24, 2.45) is 0 Å². The topological polar surface area (TPSA) is 90.1 Å². The van der Waals surface area contributed by atoms with Gasteiger partial charge in [-0.15, -0.1) is 11.8 Å². The van der Waals surface area contributed by atoms with Crippen LogP contribution in [-0.2, 0) is 11.3 Å². The molecule has 0 bridgehead atoms. The third kappa shape index (κ3) is 4.16. The number of amides is 3. The van der Waals surface area contributed by atoms with Gasteiger partial charge in [0.1, 0.15) is 5.82 Å². The van der Waals surface area contributed by atoms with Crippen molar-refractivity contribution in [2.45, 2.75) is 31.3 Å². The highest BCUT2D eigenvalue weighted by molar-refractivity contribution is 7.98. The Labute approximate surface area is 162 Å². The molecule has 2 heterocycles. The van der Waals surface area contributed by atoms with Crippen LogP contribution in [0.15, 0.2) is 46.6 Å². The highest BCUT2D eigenvalue weighted by Gasteiger charge is 2.32. The minimum atomic E-state index is -0.497. The molecule has 1 aliphatic heterocycles. The Hall–Kier alpha value is -2.74. The Morgan fingerprint density at radius 3 is 2.56 bits per heavy atom. The lowest BCUT2D eigenvalue weighted by molar-refractivity contribution is -0.127. The summed E-state index contributed by atoms with van der Waals surface area (Å²) < 4.78 is 0. The third-order valence-corrected chi connectivity index (χ3v) is 5.18. The number of urea groups is 1. The molecule has 0 unspecified atom stereocenters. The van der Waals surface area contributed by atoms with Gasteiger partial charge in [0.15, 0.2) is 0 Å². The van der Waals surface area contributed by atoms with Gasteiger partial charge in [-0.25, -0.2) is 9.78 Å². The van der Waals surface area contributed by atoms with Crippen LogP contribution in [0.3, 0.4) is 0 Å². The van der Waals surface area contributed by atoms with Gasteiger partial charge in [-0.1, -0.05) is 12.1 Å². The molecule has 0 radical (unpaired) electrons. The Morgan fingerprint density at radius 2 is 1.96 bits per heavy atom. The smallest absolute Gasteiger partial charge is 0.319 e. The van der Waals surface area contributed by atoms with Crippen LogP contribution in [0.1, 0.15) is 30.0 Å². The molecule has 0 saturated carbocycles. The number of aryl methyl sites for hydroxylation is 1. The average molecular weight is 385 g/mol. The predicted molar refractivity (Wildman–Crippen MR) is 105 cm³/mol. The van der Waals surface area contributed by atoms with Crippen molar-refractivity contribution in [3.63, 3.8) is 0 Å². The van der Waals surface area contributed by atoms with Crippen LogP contribution in [0, 0.1) is 6.92 Å². The molecule has 1 atom stereocenters. The van der Waals surface area contributed by atoms with Gasteiger partial charge in [0.05, 0.1) is 18.2 Å². The largest absolute Gasteiger partial charge is 0.345 e. The first-order chi connectivity index (χ1) is 12.9. The van der Waals surface area contributed by atoms with E-state index in [1.165, 1.54) is 0 Å². The molecule has 0 fully saturated rings. The monoisotopic (exact) mass is 385 g/mol. The molecule has 3 rings (SSSR count). The lowest BCUT2D eigenvalue weighted by Crippen LogP contribution is -2.47. The molecule has 142 valence electrons. The predicted octanol–water partition coefficient (Wildman–Crippen LogP) is 2.73. The minimum absolute atomic E-state index is 0.159. The quantitative estimate of drug-likeness (QED) is 0.691. The number of thioether (sulfide) groups is 1. The zero-order valence-corrected chi connectivity index (χ0v) is 16.6. The first kappa shape index (κ1) is 19.0. The minimum Gasteiger partial charge on any atom is -0.345 e. The number of hydrogen-bond donors (Lipinski definition) is 3. The van der Waals surface area contributed by atoms with Gasteiger partial charge in [0.2, 0.25) is 0 Å². The SMILES string of the molecule is CSc1ccc([C@H]2NC(=O)NC(C)=C2C(=O)N(C)Cc2ncc(C)[nH]2)cc1. The molecule has 1 aromatic carbocycles. The van der Waals surface area contributed by atoms with Gasteiger partial charge in [-0.3, -0.25) is 4.79 Å². The Kier molecular flexibility index (Phi) is 5.55. The number of aromatic amines is 1. The number of nitrogens with one attached hydrogen (secondary N) is 3. The third-order valence-electron chi connectivity index (χ3n) is 4.44. The van der Waals surface area contributed by atoms with Crippen molar-refractivity contribution in [3.05, 3.63) is 58.8 Å². The molecule has 3 amide bonds. The number of aromatic nitrogens is 2. The molecule has 2 aromatic rings. The summed E-state index contributed by atoms with van der Waals surface area (Å²) in [5, 5.41) is 5.58. The van der Waals surface area contributed by atoms with Crippen LogP contribution >= 0.6 is 11.8 Å². The number of carbonyl (C=O) groups is 2. The van der Waals surface area contributed by atoms with E-state index in [4.69, 9.17) is 0 Å². The summed E-state index contributed by atoms with van der Waals surface area (Å²) >= 11 is 1.64. The number of carbonyl (C=O) groups excluding carboxylic acids is 2. The van der Waals surface area contributed by atoms with E-state index in [0.29, 0.717) is 17.8 Å². The second-order valence-corrected chi connectivity index (χ2v) is 7.40. The van der Waals surface area contributed by atoms with Gasteiger partial charge in [0.25, 0.3) is 5.91 Å². The summed E-state index contributed by atoms with van der Waals surface area (Å²) in [5.41, 5.74) is 2.90. The molecular weight excluding hydrogens is 362 g/mol. The second-order valence-electron chi connectivity index (χ2n) is 6.52. The molecule has 0 aliphatic carbocycles. The number of allylic oxidation sites excluding steroid dienone is 1. The van der Waals surface area contributed by atoms with E-state index in [2.05, 4.69) is 20.6 Å². The number of likely N-dealkylation sites (N-methyl/N-ethyl adjacent to an activating group) is 1. The maximum atomic E-state index is 13.2. The van der Waals surface area contributed by atoms with Crippen LogP contribution in [-0.4, -0.2) is 40.1 Å². The first-order valence-electron chi connectivity index (χ1n) is 8.57. The van der Waals surface area contributed by atoms with Crippen molar-refractivity contribution in [2.75, 3.05) is 13.3 Å². The van der Waals surface area contributed by atoms with E-state index < -0.39 is 6.04 Å². The number of imidazole rings is 1. The molecule has 3 N–H and O–H groups in total. The van der Waals surface area contributed by atoms with Crippen molar-refractivity contribution in [1.82, 2.24) is 25.5 Å². The molecule has 0 spiro atoms. The van der Waals surface area contributed by atoms with Gasteiger partial charge in [-0.05, 0) is 37.8 Å². The van der Waals surface area contributed by atoms with Gasteiger partial charge in [-0.2, -0.15) is 0 Å². The summed E-state index contributed by atoms with van der Waals surface area (Å²) in [7, 11) is 1.73. The van der Waals surface area contributed by atoms with E-state index >= 15 is 0 Å². The summed E-state index contributed by atoms with van der Waals surface area (Å²) in [6.07, 6.45) is 3.74. The van der Waals surface area contributed by atoms with Gasteiger partial charge < -0.3 is 20.5 Å². The molecule has 27 heavy (non-hydrogen) atoms. The lowest BCUT2D eigenvalue weighted by atomic mass is 9.94. The molecule has 7 nitrogen and oxygen atoms in total. The second kappa shape index (κ2) is 7.87. The Bertz CT molecular complexity index is 888. The van der Waals surface area contributed by atoms with Crippen molar-refractivity contribution in [1.29, 1.82) is 0 Å². The highest BCUT2D eigenvalue weighted by atomic mass is 32.2. The number of rotatable bonds is 5. The fourth-order valence-electron chi connectivity index (χ4n) is 3.07. The summed E-state index contributed by atoms with van der Waals surface area (Å²) in [4.78, 5) is 35.3. The lowest BCUT2D eigenvalue weighted by Gasteiger charge is -2.31. The zero-order valence-electron chi connectivity index (χ0n) is 15.8. The maximum Gasteiger partial charge on any atom is 0.319 e. The van der Waals surface area contributed by atoms with Crippen LogP contribution in [0.5, 0.6) is 0 Å². The van der Waals surface area contributed by atoms with E-state index in [-0.39, 0.29) is 11.9 Å². The van der Waals surface area contributed by atoms with E-state index in [9.17, 15) is 9.59 Å². The molecule has 8 heteroatoms. The Balaban J connectivity index is 1.89. The average Bonchev–Trinajstić information content (AvgIpc) is 3.05. The number of H-pyrrole nitrogens is 1. The fraction of sp³-hybridized carbons (Fsp3) is 0.316. The van der Waals surface area contributed by atoms with E-state index in [1.54, 1.807) is 36.8 Å². The van der Waals surface area contributed by atoms with Crippen molar-refractivity contribution < 1.29 is 9.59 Å². The van der Waals surface area contributed by atoms with Crippen LogP contribution in [0.2, 0.25) is 0 Å². The van der Waals surface area contributed by atoms with Gasteiger partial charge >= 0.3 is 6.03 Å². The number of nitrogens with zero attached hydrogens (tertiary/aromatic N) is 2. The van der Waals surface area contributed by atoms with Crippen LogP contribution < -0.4 is 10.6 Å². The normalized spacial score (nSPS) is 16.7. The molecule has 1 aromatic heterocycles. The molecule has 0 saturated heterocycles. The van der Waals surface area contributed by atoms with E-state index in [1.807, 2.05) is 37.4 Å². The van der Waals surface area contributed by atoms with Gasteiger partial charge in [0, 0.05) is 29.5 Å². The summed E-state index contributed by atoms with van der Waals surface area (Å²) in [5.74, 6) is 0.559. The maximum absolute atomic E-state index is 13.2. The Morgan fingerprint density at radius 1 is 1.26 bits per heavy atom. The van der Waals surface area contributed by atoms with Crippen molar-refractivity contribution in [3.8, 4) is 0 Å². The summed E-state index contributed by atoms with van der Waals surface area (Å²) in [6.45, 7) is 4.02. The van der Waals surface area contributed by atoms with Crippen LogP contribution in [0.25, 0.3) is 0 Å². The molecular formula is C19H23N5O2S. The zero-order chi connectivity index (χ0) is 19.6. The summed E-state index contributed by atoms with van der Waals surface area (Å²) in [6, 6.07) is 7.05. The first-order valence-corrected chi connectivity index (χ1v) is 9.79. The standard InChI is InChI=1S/C19H23N5O2S/c1-11-9-20-15(21-11)10-24(3)18(25)16-12(2)22-19(26)23-17(16)13-5-7-14(27-4)8-6-13/h5-9,17H,10H2,1-4H3,(H,20,21)(H2,22,23,26)/t17-/m1/s1. The van der Waals surface area contributed by atoms with Crippen molar-refractivity contribution >= 4 is 23.7 Å². The van der Waals surface area contributed by atoms with E-state index in [0.717, 1.165) is 22.0 Å². The van der Waals surface area contributed by atoms with Crippen LogP contribution in [0.4, 0.5) is 4.79 Å². The fourth-order valence-corrected chi connectivity index (χ4v) is 3.48. The molecule has 1 aliphatic rings. The number of hydrogen-bond acceptors (Lipinski definition) is 4.